The van der Waals surface area contributed by atoms with Crippen molar-refractivity contribution in [1.82, 2.24) is 15.5 Å². The van der Waals surface area contributed by atoms with Gasteiger partial charge in [0.25, 0.3) is 0 Å². The first-order chi connectivity index (χ1) is 9.90. The lowest BCUT2D eigenvalue weighted by molar-refractivity contribution is -0.138. The standard InChI is InChI=1S/C14H25N3O4/c1-3-17-6-4-5-11(9-17)15-14(21)16-12(18)7-10(2)8-13(19)20/h10-11H,3-9H2,1-2H3,(H,19,20)(H2,15,16,18,21). The molecule has 7 nitrogen and oxygen atoms in total. The first-order valence-electron chi connectivity index (χ1n) is 7.45. The summed E-state index contributed by atoms with van der Waals surface area (Å²) in [6.45, 7) is 6.54. The van der Waals surface area contributed by atoms with Crippen LogP contribution in [0.25, 0.3) is 0 Å². The summed E-state index contributed by atoms with van der Waals surface area (Å²) >= 11 is 0. The second-order valence-corrected chi connectivity index (χ2v) is 5.66. The maximum atomic E-state index is 11.7. The molecule has 7 heteroatoms. The molecule has 0 saturated carbocycles. The quantitative estimate of drug-likeness (QED) is 0.674. The molecule has 3 amide bonds. The Morgan fingerprint density at radius 2 is 2.05 bits per heavy atom. The molecule has 21 heavy (non-hydrogen) atoms. The summed E-state index contributed by atoms with van der Waals surface area (Å²) in [7, 11) is 0. The summed E-state index contributed by atoms with van der Waals surface area (Å²) < 4.78 is 0. The van der Waals surface area contributed by atoms with Gasteiger partial charge in [-0.15, -0.1) is 0 Å². The lowest BCUT2D eigenvalue weighted by Crippen LogP contribution is -2.51. The minimum absolute atomic E-state index is 0.0332. The molecule has 2 atom stereocenters. The Kier molecular flexibility index (Phi) is 7.14. The van der Waals surface area contributed by atoms with Crippen LogP contribution in [0.5, 0.6) is 0 Å². The maximum absolute atomic E-state index is 11.7. The Morgan fingerprint density at radius 1 is 1.33 bits per heavy atom. The summed E-state index contributed by atoms with van der Waals surface area (Å²) in [4.78, 5) is 36.1. The van der Waals surface area contributed by atoms with Crippen molar-refractivity contribution in [2.75, 3.05) is 19.6 Å². The van der Waals surface area contributed by atoms with Crippen LogP contribution >= 0.6 is 0 Å². The van der Waals surface area contributed by atoms with Gasteiger partial charge >= 0.3 is 12.0 Å². The molecule has 1 heterocycles. The van der Waals surface area contributed by atoms with Crippen molar-refractivity contribution in [3.63, 3.8) is 0 Å². The molecule has 0 bridgehead atoms. The van der Waals surface area contributed by atoms with Crippen LogP contribution in [0.4, 0.5) is 4.79 Å². The number of imide groups is 1. The van der Waals surface area contributed by atoms with E-state index in [-0.39, 0.29) is 24.8 Å². The molecule has 0 radical (unpaired) electrons. The number of carboxylic acid groups (broad SMARTS) is 1. The van der Waals surface area contributed by atoms with Gasteiger partial charge in [0.1, 0.15) is 0 Å². The van der Waals surface area contributed by atoms with Crippen LogP contribution in [-0.4, -0.2) is 53.6 Å². The number of carbonyl (C=O) groups is 3. The third-order valence-corrected chi connectivity index (χ3v) is 3.60. The van der Waals surface area contributed by atoms with E-state index in [1.54, 1.807) is 6.92 Å². The number of likely N-dealkylation sites (N-methyl/N-ethyl adjacent to an activating group) is 1. The predicted molar refractivity (Wildman–Crippen MR) is 77.8 cm³/mol. The smallest absolute Gasteiger partial charge is 0.321 e. The van der Waals surface area contributed by atoms with Gasteiger partial charge in [0.15, 0.2) is 0 Å². The van der Waals surface area contributed by atoms with Crippen molar-refractivity contribution in [1.29, 1.82) is 0 Å². The molecule has 1 fully saturated rings. The fraction of sp³-hybridized carbons (Fsp3) is 0.786. The highest BCUT2D eigenvalue weighted by atomic mass is 16.4. The van der Waals surface area contributed by atoms with E-state index >= 15 is 0 Å². The zero-order chi connectivity index (χ0) is 15.8. The van der Waals surface area contributed by atoms with E-state index in [1.807, 2.05) is 0 Å². The van der Waals surface area contributed by atoms with Gasteiger partial charge in [0.05, 0.1) is 0 Å². The molecule has 0 aromatic rings. The van der Waals surface area contributed by atoms with E-state index in [9.17, 15) is 14.4 Å². The number of hydrogen-bond acceptors (Lipinski definition) is 4. The summed E-state index contributed by atoms with van der Waals surface area (Å²) in [5.74, 6) is -1.67. The topological polar surface area (TPSA) is 98.7 Å². The number of nitrogens with one attached hydrogen (secondary N) is 2. The zero-order valence-electron chi connectivity index (χ0n) is 12.7. The largest absolute Gasteiger partial charge is 0.481 e. The van der Waals surface area contributed by atoms with Gasteiger partial charge in [0.2, 0.25) is 5.91 Å². The number of hydrogen-bond donors (Lipinski definition) is 3. The minimum Gasteiger partial charge on any atom is -0.481 e. The summed E-state index contributed by atoms with van der Waals surface area (Å²) in [5, 5.41) is 13.7. The minimum atomic E-state index is -0.943. The van der Waals surface area contributed by atoms with E-state index in [0.717, 1.165) is 32.5 Å². The highest BCUT2D eigenvalue weighted by molar-refractivity contribution is 5.94. The highest BCUT2D eigenvalue weighted by Crippen LogP contribution is 2.09. The Bertz CT molecular complexity index is 386. The Hall–Kier alpha value is -1.63. The summed E-state index contributed by atoms with van der Waals surface area (Å²) in [6, 6.07) is -0.437. The third-order valence-electron chi connectivity index (χ3n) is 3.60. The lowest BCUT2D eigenvalue weighted by atomic mass is 10.0. The van der Waals surface area contributed by atoms with Crippen molar-refractivity contribution in [3.05, 3.63) is 0 Å². The second-order valence-electron chi connectivity index (χ2n) is 5.66. The number of carbonyl (C=O) groups excluding carboxylic acids is 2. The molecule has 0 spiro atoms. The van der Waals surface area contributed by atoms with Gasteiger partial charge in [-0.1, -0.05) is 13.8 Å². The van der Waals surface area contributed by atoms with Crippen LogP contribution in [-0.2, 0) is 9.59 Å². The molecule has 1 aliphatic rings. The van der Waals surface area contributed by atoms with Crippen LogP contribution in [0.1, 0.15) is 39.5 Å². The number of piperidine rings is 1. The molecule has 2 unspecified atom stereocenters. The zero-order valence-corrected chi connectivity index (χ0v) is 12.7. The molecule has 120 valence electrons. The number of nitrogens with zero attached hydrogens (tertiary/aromatic N) is 1. The maximum Gasteiger partial charge on any atom is 0.321 e. The first kappa shape index (κ1) is 17.4. The Morgan fingerprint density at radius 3 is 2.67 bits per heavy atom. The van der Waals surface area contributed by atoms with E-state index in [2.05, 4.69) is 22.5 Å². The van der Waals surface area contributed by atoms with Crippen molar-refractivity contribution < 1.29 is 19.5 Å². The molecular formula is C14H25N3O4. The fourth-order valence-corrected chi connectivity index (χ4v) is 2.55. The van der Waals surface area contributed by atoms with E-state index in [1.165, 1.54) is 0 Å². The molecule has 3 N–H and O–H groups in total. The molecule has 0 aromatic heterocycles. The van der Waals surface area contributed by atoms with Gasteiger partial charge in [-0.05, 0) is 31.8 Å². The van der Waals surface area contributed by atoms with Gasteiger partial charge in [-0.3, -0.25) is 14.9 Å². The molecular weight excluding hydrogens is 274 g/mol. The Balaban J connectivity index is 2.29. The van der Waals surface area contributed by atoms with Crippen LogP contribution in [0.3, 0.4) is 0 Å². The first-order valence-corrected chi connectivity index (χ1v) is 7.45. The molecule has 1 rings (SSSR count). The monoisotopic (exact) mass is 299 g/mol. The van der Waals surface area contributed by atoms with E-state index in [4.69, 9.17) is 5.11 Å². The molecule has 1 saturated heterocycles. The van der Waals surface area contributed by atoms with Crippen molar-refractivity contribution in [2.24, 2.45) is 5.92 Å². The average Bonchev–Trinajstić information content (AvgIpc) is 2.37. The van der Waals surface area contributed by atoms with Gasteiger partial charge in [-0.2, -0.15) is 0 Å². The van der Waals surface area contributed by atoms with Gasteiger partial charge in [-0.25, -0.2) is 4.79 Å². The molecule has 0 aliphatic carbocycles. The van der Waals surface area contributed by atoms with Gasteiger partial charge < -0.3 is 15.3 Å². The second kappa shape index (κ2) is 8.61. The summed E-state index contributed by atoms with van der Waals surface area (Å²) in [6.07, 6.45) is 1.89. The SMILES string of the molecule is CCN1CCCC(NC(=O)NC(=O)CC(C)CC(=O)O)C1. The number of aliphatic carboxylic acids is 1. The highest BCUT2D eigenvalue weighted by Gasteiger charge is 2.21. The number of likely N-dealkylation sites (tertiary alicyclic amines) is 1. The van der Waals surface area contributed by atoms with Crippen LogP contribution in [0, 0.1) is 5.92 Å². The molecule has 1 aliphatic heterocycles. The normalized spacial score (nSPS) is 20.6. The number of amides is 3. The van der Waals surface area contributed by atoms with Gasteiger partial charge in [0, 0.05) is 25.4 Å². The lowest BCUT2D eigenvalue weighted by Gasteiger charge is -2.32. The van der Waals surface area contributed by atoms with Crippen molar-refractivity contribution >= 4 is 17.9 Å². The van der Waals surface area contributed by atoms with Crippen molar-refractivity contribution in [2.45, 2.75) is 45.6 Å². The van der Waals surface area contributed by atoms with E-state index in [0.29, 0.717) is 0 Å². The van der Waals surface area contributed by atoms with Crippen LogP contribution < -0.4 is 10.6 Å². The average molecular weight is 299 g/mol. The predicted octanol–water partition coefficient (Wildman–Crippen LogP) is 0.797. The summed E-state index contributed by atoms with van der Waals surface area (Å²) in [5.41, 5.74) is 0. The number of urea groups is 1. The Labute approximate surface area is 125 Å². The number of carboxylic acids is 1. The third kappa shape index (κ3) is 7.08. The van der Waals surface area contributed by atoms with Crippen LogP contribution in [0.2, 0.25) is 0 Å². The fourth-order valence-electron chi connectivity index (χ4n) is 2.55. The number of rotatable bonds is 6. The van der Waals surface area contributed by atoms with Crippen LogP contribution in [0.15, 0.2) is 0 Å². The van der Waals surface area contributed by atoms with E-state index < -0.39 is 17.9 Å². The molecule has 0 aromatic carbocycles. The van der Waals surface area contributed by atoms with Crippen molar-refractivity contribution in [3.8, 4) is 0 Å².